The summed E-state index contributed by atoms with van der Waals surface area (Å²) in [6.45, 7) is 6.13. The van der Waals surface area contributed by atoms with Gasteiger partial charge < -0.3 is 5.32 Å². The maximum atomic E-state index is 10.9. The van der Waals surface area contributed by atoms with Gasteiger partial charge in [0, 0.05) is 31.9 Å². The van der Waals surface area contributed by atoms with Crippen LogP contribution < -0.4 is 5.32 Å². The zero-order valence-electron chi connectivity index (χ0n) is 8.99. The number of hydrogen-bond acceptors (Lipinski definition) is 4. The molecule has 1 fully saturated rings. The smallest absolute Gasteiger partial charge is 0.147 e. The van der Waals surface area contributed by atoms with Crippen LogP contribution in [0.15, 0.2) is 0 Å². The van der Waals surface area contributed by atoms with E-state index in [1.165, 1.54) is 6.26 Å². The van der Waals surface area contributed by atoms with Crippen molar-refractivity contribution in [3.05, 3.63) is 0 Å². The first-order chi connectivity index (χ1) is 6.49. The molecule has 0 bridgehead atoms. The SMILES string of the molecule is CC1CNCCN1CCCS(C)(=O)=O. The minimum Gasteiger partial charge on any atom is -0.314 e. The lowest BCUT2D eigenvalue weighted by molar-refractivity contribution is 0.174. The van der Waals surface area contributed by atoms with Crippen LogP contribution in [0.4, 0.5) is 0 Å². The van der Waals surface area contributed by atoms with Crippen molar-refractivity contribution in [2.24, 2.45) is 0 Å². The summed E-state index contributed by atoms with van der Waals surface area (Å²) < 4.78 is 21.8. The summed E-state index contributed by atoms with van der Waals surface area (Å²) in [5.41, 5.74) is 0. The van der Waals surface area contributed by atoms with Gasteiger partial charge in [0.1, 0.15) is 9.84 Å². The monoisotopic (exact) mass is 220 g/mol. The van der Waals surface area contributed by atoms with E-state index in [0.717, 1.165) is 32.6 Å². The maximum absolute atomic E-state index is 10.9. The molecule has 0 aromatic heterocycles. The number of hydrogen-bond donors (Lipinski definition) is 1. The van der Waals surface area contributed by atoms with E-state index in [9.17, 15) is 8.42 Å². The quantitative estimate of drug-likeness (QED) is 0.707. The summed E-state index contributed by atoms with van der Waals surface area (Å²) in [7, 11) is -2.78. The molecule has 1 aliphatic rings. The number of rotatable bonds is 4. The second kappa shape index (κ2) is 5.09. The molecule has 5 heteroatoms. The fraction of sp³-hybridized carbons (Fsp3) is 1.00. The van der Waals surface area contributed by atoms with Crippen molar-refractivity contribution in [1.29, 1.82) is 0 Å². The molecule has 0 saturated carbocycles. The Kier molecular flexibility index (Phi) is 4.34. The van der Waals surface area contributed by atoms with Gasteiger partial charge >= 0.3 is 0 Å². The lowest BCUT2D eigenvalue weighted by Gasteiger charge is -2.33. The van der Waals surface area contributed by atoms with Gasteiger partial charge in [-0.3, -0.25) is 4.90 Å². The molecular formula is C9H20N2O2S. The Hall–Kier alpha value is -0.130. The van der Waals surface area contributed by atoms with Crippen LogP contribution in [0.1, 0.15) is 13.3 Å². The maximum Gasteiger partial charge on any atom is 0.147 e. The molecule has 4 nitrogen and oxygen atoms in total. The standard InChI is InChI=1S/C9H20N2O2S/c1-9-8-10-4-6-11(9)5-3-7-14(2,12)13/h9-10H,3-8H2,1-2H3. The molecule has 84 valence electrons. The third kappa shape index (κ3) is 4.39. The van der Waals surface area contributed by atoms with E-state index in [0.29, 0.717) is 11.8 Å². The Morgan fingerprint density at radius 1 is 1.50 bits per heavy atom. The van der Waals surface area contributed by atoms with Crippen LogP contribution in [0.25, 0.3) is 0 Å². The highest BCUT2D eigenvalue weighted by molar-refractivity contribution is 7.90. The zero-order chi connectivity index (χ0) is 10.6. The third-order valence-electron chi connectivity index (χ3n) is 2.60. The Balaban J connectivity index is 2.23. The van der Waals surface area contributed by atoms with Gasteiger partial charge in [-0.25, -0.2) is 8.42 Å². The van der Waals surface area contributed by atoms with E-state index >= 15 is 0 Å². The van der Waals surface area contributed by atoms with Crippen molar-refractivity contribution >= 4 is 9.84 Å². The molecule has 0 aliphatic carbocycles. The van der Waals surface area contributed by atoms with E-state index in [1.54, 1.807) is 0 Å². The van der Waals surface area contributed by atoms with E-state index in [1.807, 2.05) is 0 Å². The molecule has 1 N–H and O–H groups in total. The fourth-order valence-electron chi connectivity index (χ4n) is 1.75. The molecule has 14 heavy (non-hydrogen) atoms. The van der Waals surface area contributed by atoms with E-state index in [4.69, 9.17) is 0 Å². The molecule has 1 aliphatic heterocycles. The van der Waals surface area contributed by atoms with Crippen molar-refractivity contribution in [1.82, 2.24) is 10.2 Å². The topological polar surface area (TPSA) is 49.4 Å². The number of nitrogens with zero attached hydrogens (tertiary/aromatic N) is 1. The second-order valence-electron chi connectivity index (χ2n) is 4.07. The molecule has 1 heterocycles. The summed E-state index contributed by atoms with van der Waals surface area (Å²) in [5.74, 6) is 0.309. The normalized spacial score (nSPS) is 25.1. The van der Waals surface area contributed by atoms with Crippen LogP contribution in [-0.4, -0.2) is 57.5 Å². The average molecular weight is 220 g/mol. The van der Waals surface area contributed by atoms with Crippen LogP contribution in [0, 0.1) is 0 Å². The van der Waals surface area contributed by atoms with E-state index < -0.39 is 9.84 Å². The number of sulfone groups is 1. The van der Waals surface area contributed by atoms with Crippen molar-refractivity contribution in [3.8, 4) is 0 Å². The molecular weight excluding hydrogens is 200 g/mol. The second-order valence-corrected chi connectivity index (χ2v) is 6.33. The van der Waals surface area contributed by atoms with Crippen molar-refractivity contribution in [2.75, 3.05) is 38.2 Å². The molecule has 0 aromatic carbocycles. The highest BCUT2D eigenvalue weighted by Gasteiger charge is 2.17. The summed E-state index contributed by atoms with van der Waals surface area (Å²) in [4.78, 5) is 2.35. The summed E-state index contributed by atoms with van der Waals surface area (Å²) in [5, 5.41) is 3.31. The third-order valence-corrected chi connectivity index (χ3v) is 3.63. The van der Waals surface area contributed by atoms with Crippen LogP contribution in [0.3, 0.4) is 0 Å². The van der Waals surface area contributed by atoms with Gasteiger partial charge in [-0.05, 0) is 19.9 Å². The largest absolute Gasteiger partial charge is 0.314 e. The number of nitrogens with one attached hydrogen (secondary N) is 1. The van der Waals surface area contributed by atoms with Crippen molar-refractivity contribution in [2.45, 2.75) is 19.4 Å². The molecule has 0 aromatic rings. The average Bonchev–Trinajstić information content (AvgIpc) is 2.06. The predicted octanol–water partition coefficient (Wildman–Crippen LogP) is -0.285. The highest BCUT2D eigenvalue weighted by atomic mass is 32.2. The fourth-order valence-corrected chi connectivity index (χ4v) is 2.40. The van der Waals surface area contributed by atoms with Gasteiger partial charge in [-0.15, -0.1) is 0 Å². The predicted molar refractivity (Wildman–Crippen MR) is 58.2 cm³/mol. The van der Waals surface area contributed by atoms with E-state index in [-0.39, 0.29) is 0 Å². The molecule has 0 amide bonds. The van der Waals surface area contributed by atoms with Crippen LogP contribution >= 0.6 is 0 Å². The summed E-state index contributed by atoms with van der Waals surface area (Å²) in [6.07, 6.45) is 2.05. The van der Waals surface area contributed by atoms with Crippen molar-refractivity contribution < 1.29 is 8.42 Å². The molecule has 0 spiro atoms. The van der Waals surface area contributed by atoms with Gasteiger partial charge in [0.15, 0.2) is 0 Å². The molecule has 1 saturated heterocycles. The van der Waals surface area contributed by atoms with Gasteiger partial charge in [0.05, 0.1) is 5.75 Å². The molecule has 1 atom stereocenters. The Morgan fingerprint density at radius 3 is 2.79 bits per heavy atom. The molecule has 1 unspecified atom stereocenters. The van der Waals surface area contributed by atoms with Crippen LogP contribution in [0.2, 0.25) is 0 Å². The Bertz CT molecular complexity index is 264. The summed E-state index contributed by atoms with van der Waals surface area (Å²) >= 11 is 0. The zero-order valence-corrected chi connectivity index (χ0v) is 9.81. The van der Waals surface area contributed by atoms with Gasteiger partial charge in [-0.1, -0.05) is 0 Å². The van der Waals surface area contributed by atoms with Crippen LogP contribution in [-0.2, 0) is 9.84 Å². The Morgan fingerprint density at radius 2 is 2.21 bits per heavy atom. The van der Waals surface area contributed by atoms with Gasteiger partial charge in [-0.2, -0.15) is 0 Å². The van der Waals surface area contributed by atoms with Crippen LogP contribution in [0.5, 0.6) is 0 Å². The van der Waals surface area contributed by atoms with Gasteiger partial charge in [0.25, 0.3) is 0 Å². The molecule has 1 rings (SSSR count). The highest BCUT2D eigenvalue weighted by Crippen LogP contribution is 2.03. The number of piperazine rings is 1. The van der Waals surface area contributed by atoms with E-state index in [2.05, 4.69) is 17.1 Å². The first-order valence-corrected chi connectivity index (χ1v) is 7.17. The summed E-state index contributed by atoms with van der Waals surface area (Å²) in [6, 6.07) is 0.531. The first kappa shape index (κ1) is 11.9. The minimum absolute atomic E-state index is 0.309. The molecule has 0 radical (unpaired) electrons. The lowest BCUT2D eigenvalue weighted by atomic mass is 10.2. The van der Waals surface area contributed by atoms with Crippen molar-refractivity contribution in [3.63, 3.8) is 0 Å². The van der Waals surface area contributed by atoms with Gasteiger partial charge in [0.2, 0.25) is 0 Å². The first-order valence-electron chi connectivity index (χ1n) is 5.11. The minimum atomic E-state index is -2.78. The Labute approximate surface area is 86.6 Å². The lowest BCUT2D eigenvalue weighted by Crippen LogP contribution is -2.50.